The van der Waals surface area contributed by atoms with Crippen LogP contribution in [0.5, 0.6) is 0 Å². The maximum atomic E-state index is 12.7. The number of thiazole rings is 1. The second-order valence-electron chi connectivity index (χ2n) is 5.58. The first-order chi connectivity index (χ1) is 11.8. The van der Waals surface area contributed by atoms with Crippen LogP contribution in [0.25, 0.3) is 10.2 Å². The Morgan fingerprint density at radius 2 is 1.76 bits per heavy atom. The van der Waals surface area contributed by atoms with E-state index in [9.17, 15) is 13.2 Å². The predicted octanol–water partition coefficient (Wildman–Crippen LogP) is 2.38. The molecule has 0 aliphatic heterocycles. The lowest BCUT2D eigenvalue weighted by molar-refractivity contribution is 0.0998. The number of amides is 1. The molecule has 0 spiro atoms. The molecule has 130 valence electrons. The van der Waals surface area contributed by atoms with Crippen molar-refractivity contribution in [2.24, 2.45) is 12.0 Å². The maximum Gasteiger partial charge on any atom is 0.281 e. The Hall–Kier alpha value is -2.45. The van der Waals surface area contributed by atoms with Gasteiger partial charge in [-0.15, -0.1) is 0 Å². The number of rotatable bonds is 3. The molecule has 0 aliphatic carbocycles. The Labute approximate surface area is 149 Å². The highest BCUT2D eigenvalue weighted by Crippen LogP contribution is 2.22. The second kappa shape index (κ2) is 6.45. The average molecular weight is 375 g/mol. The molecule has 3 aromatic rings. The number of nitrogens with zero attached hydrogens (tertiary/aromatic N) is 3. The molecule has 0 saturated carbocycles. The number of para-hydroxylation sites is 2. The van der Waals surface area contributed by atoms with Gasteiger partial charge < -0.3 is 4.57 Å². The quantitative estimate of drug-likeness (QED) is 0.706. The van der Waals surface area contributed by atoms with E-state index in [4.69, 9.17) is 0 Å². The van der Waals surface area contributed by atoms with Crippen molar-refractivity contribution in [2.75, 3.05) is 17.6 Å². The lowest BCUT2D eigenvalue weighted by Gasteiger charge is -2.18. The van der Waals surface area contributed by atoms with Crippen LogP contribution in [0.2, 0.25) is 0 Å². The number of aromatic nitrogens is 1. The van der Waals surface area contributed by atoms with Crippen molar-refractivity contribution in [3.63, 3.8) is 0 Å². The monoisotopic (exact) mass is 375 g/mol. The Morgan fingerprint density at radius 1 is 1.12 bits per heavy atom. The summed E-state index contributed by atoms with van der Waals surface area (Å²) < 4.78 is 27.6. The molecule has 0 radical (unpaired) electrons. The summed E-state index contributed by atoms with van der Waals surface area (Å²) in [5.41, 5.74) is 1.54. The third-order valence-corrected chi connectivity index (χ3v) is 6.19. The lowest BCUT2D eigenvalue weighted by Crippen LogP contribution is -2.26. The number of carbonyl (C=O) groups excluding carboxylic acids is 1. The first-order valence-electron chi connectivity index (χ1n) is 7.45. The van der Waals surface area contributed by atoms with Crippen LogP contribution in [0, 0.1) is 0 Å². The maximum absolute atomic E-state index is 12.7. The van der Waals surface area contributed by atoms with Gasteiger partial charge in [-0.2, -0.15) is 4.99 Å². The molecule has 1 aromatic heterocycles. The van der Waals surface area contributed by atoms with E-state index in [2.05, 4.69) is 4.99 Å². The Kier molecular flexibility index (Phi) is 4.49. The molecule has 0 atom stereocenters. The fourth-order valence-corrected chi connectivity index (χ4v) is 3.98. The molecule has 2 aromatic carbocycles. The highest BCUT2D eigenvalue weighted by atomic mass is 32.2. The van der Waals surface area contributed by atoms with Crippen molar-refractivity contribution < 1.29 is 13.2 Å². The fraction of sp³-hybridized carbons (Fsp3) is 0.176. The van der Waals surface area contributed by atoms with Gasteiger partial charge in [0.25, 0.3) is 5.91 Å². The van der Waals surface area contributed by atoms with Gasteiger partial charge in [-0.1, -0.05) is 35.6 Å². The van der Waals surface area contributed by atoms with E-state index in [-0.39, 0.29) is 5.56 Å². The standard InChI is InChI=1S/C17H17N3O3S2/c1-19-14-10-6-7-11-15(14)24-17(19)18-16(21)12-8-4-5-9-13(12)20(2)25(3,22)23/h4-11H,1-3H3. The third kappa shape index (κ3) is 3.35. The fourth-order valence-electron chi connectivity index (χ4n) is 2.44. The van der Waals surface area contributed by atoms with E-state index in [1.807, 2.05) is 35.9 Å². The van der Waals surface area contributed by atoms with Crippen LogP contribution in [0.1, 0.15) is 10.4 Å². The molecule has 1 amide bonds. The van der Waals surface area contributed by atoms with E-state index >= 15 is 0 Å². The van der Waals surface area contributed by atoms with Gasteiger partial charge in [-0.3, -0.25) is 9.10 Å². The molecule has 0 saturated heterocycles. The zero-order valence-electron chi connectivity index (χ0n) is 14.0. The minimum Gasteiger partial charge on any atom is -0.319 e. The van der Waals surface area contributed by atoms with E-state index in [0.717, 1.165) is 20.8 Å². The van der Waals surface area contributed by atoms with Gasteiger partial charge in [-0.05, 0) is 24.3 Å². The normalized spacial score (nSPS) is 12.5. The van der Waals surface area contributed by atoms with Crippen molar-refractivity contribution in [2.45, 2.75) is 0 Å². The third-order valence-electron chi connectivity index (χ3n) is 3.88. The van der Waals surface area contributed by atoms with Gasteiger partial charge >= 0.3 is 0 Å². The number of sulfonamides is 1. The number of hydrogen-bond donors (Lipinski definition) is 0. The van der Waals surface area contributed by atoms with Gasteiger partial charge in [0, 0.05) is 14.1 Å². The molecule has 0 bridgehead atoms. The Morgan fingerprint density at radius 3 is 2.44 bits per heavy atom. The Balaban J connectivity index is 2.12. The first-order valence-corrected chi connectivity index (χ1v) is 10.1. The van der Waals surface area contributed by atoms with E-state index in [1.165, 1.54) is 18.4 Å². The molecule has 8 heteroatoms. The molecule has 0 fully saturated rings. The predicted molar refractivity (Wildman–Crippen MR) is 100 cm³/mol. The van der Waals surface area contributed by atoms with Crippen LogP contribution in [-0.2, 0) is 17.1 Å². The molecule has 3 rings (SSSR count). The minimum atomic E-state index is -3.48. The molecule has 0 aliphatic rings. The van der Waals surface area contributed by atoms with Crippen LogP contribution < -0.4 is 9.11 Å². The van der Waals surface area contributed by atoms with Gasteiger partial charge in [0.15, 0.2) is 4.80 Å². The molecule has 6 nitrogen and oxygen atoms in total. The number of fused-ring (bicyclic) bond motifs is 1. The van der Waals surface area contributed by atoms with Crippen molar-refractivity contribution in [1.29, 1.82) is 0 Å². The number of benzene rings is 2. The Bertz CT molecular complexity index is 1130. The summed E-state index contributed by atoms with van der Waals surface area (Å²) >= 11 is 1.41. The topological polar surface area (TPSA) is 71.7 Å². The van der Waals surface area contributed by atoms with Gasteiger partial charge in [0.2, 0.25) is 10.0 Å². The summed E-state index contributed by atoms with van der Waals surface area (Å²) in [4.78, 5) is 17.5. The van der Waals surface area contributed by atoms with Gasteiger partial charge in [0.1, 0.15) is 0 Å². The SMILES string of the molecule is CN(c1ccccc1C(=O)N=c1sc2ccccc2n1C)S(C)(=O)=O. The smallest absolute Gasteiger partial charge is 0.281 e. The highest BCUT2D eigenvalue weighted by Gasteiger charge is 2.19. The van der Waals surface area contributed by atoms with Crippen molar-refractivity contribution in [3.8, 4) is 0 Å². The van der Waals surface area contributed by atoms with E-state index < -0.39 is 15.9 Å². The summed E-state index contributed by atoms with van der Waals surface area (Å²) in [6, 6.07) is 14.3. The largest absolute Gasteiger partial charge is 0.319 e. The van der Waals surface area contributed by atoms with Crippen molar-refractivity contribution >= 4 is 43.2 Å². The molecule has 25 heavy (non-hydrogen) atoms. The van der Waals surface area contributed by atoms with Gasteiger partial charge in [0.05, 0.1) is 27.7 Å². The van der Waals surface area contributed by atoms with E-state index in [1.54, 1.807) is 24.3 Å². The molecule has 0 N–H and O–H groups in total. The molecular formula is C17H17N3O3S2. The number of hydrogen-bond acceptors (Lipinski definition) is 4. The summed E-state index contributed by atoms with van der Waals surface area (Å²) in [6.45, 7) is 0. The summed E-state index contributed by atoms with van der Waals surface area (Å²) in [5, 5.41) is 0. The minimum absolute atomic E-state index is 0.243. The highest BCUT2D eigenvalue weighted by molar-refractivity contribution is 7.92. The molecule has 1 heterocycles. The van der Waals surface area contributed by atoms with E-state index in [0.29, 0.717) is 10.5 Å². The van der Waals surface area contributed by atoms with Crippen LogP contribution in [0.4, 0.5) is 5.69 Å². The number of aryl methyl sites for hydroxylation is 1. The molecular weight excluding hydrogens is 358 g/mol. The summed E-state index contributed by atoms with van der Waals surface area (Å²) in [5.74, 6) is -0.478. The number of anilines is 1. The average Bonchev–Trinajstić information content (AvgIpc) is 2.89. The zero-order valence-corrected chi connectivity index (χ0v) is 15.6. The first kappa shape index (κ1) is 17.4. The van der Waals surface area contributed by atoms with Crippen molar-refractivity contribution in [1.82, 2.24) is 4.57 Å². The summed E-state index contributed by atoms with van der Waals surface area (Å²) in [6.07, 6.45) is 1.09. The zero-order chi connectivity index (χ0) is 18.2. The van der Waals surface area contributed by atoms with Crippen molar-refractivity contribution in [3.05, 3.63) is 58.9 Å². The van der Waals surface area contributed by atoms with Crippen LogP contribution in [0.15, 0.2) is 53.5 Å². The van der Waals surface area contributed by atoms with Crippen LogP contribution >= 0.6 is 11.3 Å². The lowest BCUT2D eigenvalue weighted by atomic mass is 10.1. The second-order valence-corrected chi connectivity index (χ2v) is 8.60. The van der Waals surface area contributed by atoms with Crippen LogP contribution in [0.3, 0.4) is 0 Å². The summed E-state index contributed by atoms with van der Waals surface area (Å²) in [7, 11) is -0.212. The van der Waals surface area contributed by atoms with Crippen LogP contribution in [-0.4, -0.2) is 32.2 Å². The molecule has 0 unspecified atom stereocenters. The number of carbonyl (C=O) groups is 1. The van der Waals surface area contributed by atoms with Gasteiger partial charge in [-0.25, -0.2) is 8.42 Å².